The second kappa shape index (κ2) is 9.26. The fraction of sp³-hybridized carbons (Fsp3) is 0.643. The fourth-order valence-corrected chi connectivity index (χ4v) is 3.19. The highest BCUT2D eigenvalue weighted by atomic mass is 32.2. The van der Waals surface area contributed by atoms with Gasteiger partial charge in [-0.3, -0.25) is 0 Å². The lowest BCUT2D eigenvalue weighted by molar-refractivity contribution is 0.230. The summed E-state index contributed by atoms with van der Waals surface area (Å²) in [7, 11) is 4.06. The van der Waals surface area contributed by atoms with E-state index in [1.807, 2.05) is 21.0 Å². The highest BCUT2D eigenvalue weighted by Gasteiger charge is 2.16. The number of hydrogen-bond acceptors (Lipinski definition) is 4. The average molecular weight is 316 g/mol. The third-order valence-electron chi connectivity index (χ3n) is 3.14. The molecule has 4 nitrogen and oxygen atoms in total. The largest absolute Gasteiger partial charge is 0.336 e. The maximum Gasteiger partial charge on any atom is 0.315 e. The number of nitrogens with zero attached hydrogens (tertiary/aromatic N) is 1. The van der Waals surface area contributed by atoms with Gasteiger partial charge < -0.3 is 15.5 Å². The minimum Gasteiger partial charge on any atom is -0.336 e. The van der Waals surface area contributed by atoms with Crippen LogP contribution in [-0.4, -0.2) is 49.6 Å². The molecule has 0 aromatic carbocycles. The Kier molecular flexibility index (Phi) is 8.02. The van der Waals surface area contributed by atoms with Gasteiger partial charge in [-0.15, -0.1) is 0 Å². The predicted molar refractivity (Wildman–Crippen MR) is 89.7 cm³/mol. The summed E-state index contributed by atoms with van der Waals surface area (Å²) in [6.45, 7) is 2.66. The summed E-state index contributed by atoms with van der Waals surface area (Å²) < 4.78 is 0. The molecule has 1 heterocycles. The van der Waals surface area contributed by atoms with Crippen LogP contribution in [0.25, 0.3) is 0 Å². The molecule has 20 heavy (non-hydrogen) atoms. The van der Waals surface area contributed by atoms with Crippen molar-refractivity contribution in [3.63, 3.8) is 0 Å². The summed E-state index contributed by atoms with van der Waals surface area (Å²) in [6, 6.07) is 2.45. The van der Waals surface area contributed by atoms with E-state index in [0.29, 0.717) is 6.54 Å². The van der Waals surface area contributed by atoms with E-state index in [0.717, 1.165) is 12.2 Å². The van der Waals surface area contributed by atoms with Crippen molar-refractivity contribution >= 4 is 29.1 Å². The number of hydrogen-bond donors (Lipinski definition) is 2. The molecule has 2 N–H and O–H groups in total. The van der Waals surface area contributed by atoms with Gasteiger partial charge in [-0.1, -0.05) is 0 Å². The van der Waals surface area contributed by atoms with E-state index in [2.05, 4.69) is 38.6 Å². The second-order valence-corrected chi connectivity index (χ2v) is 6.84. The molecule has 0 saturated carbocycles. The third kappa shape index (κ3) is 6.15. The van der Waals surface area contributed by atoms with E-state index in [-0.39, 0.29) is 18.1 Å². The molecule has 0 bridgehead atoms. The molecule has 0 aliphatic carbocycles. The van der Waals surface area contributed by atoms with E-state index in [1.54, 1.807) is 23.1 Å². The van der Waals surface area contributed by atoms with E-state index >= 15 is 0 Å². The van der Waals surface area contributed by atoms with Gasteiger partial charge in [-0.2, -0.15) is 23.1 Å². The molecule has 0 aliphatic rings. The van der Waals surface area contributed by atoms with Crippen molar-refractivity contribution in [2.24, 2.45) is 0 Å². The molecule has 2 unspecified atom stereocenters. The summed E-state index contributed by atoms with van der Waals surface area (Å²) in [4.78, 5) is 14.0. The quantitative estimate of drug-likeness (QED) is 0.775. The van der Waals surface area contributed by atoms with Gasteiger partial charge in [0.2, 0.25) is 0 Å². The number of rotatable bonds is 8. The Morgan fingerprint density at radius 3 is 2.80 bits per heavy atom. The van der Waals surface area contributed by atoms with E-state index in [9.17, 15) is 4.79 Å². The van der Waals surface area contributed by atoms with Gasteiger partial charge in [0.05, 0.1) is 6.04 Å². The van der Waals surface area contributed by atoms with E-state index in [4.69, 9.17) is 0 Å². The molecule has 2 amide bonds. The van der Waals surface area contributed by atoms with Gasteiger partial charge in [0.25, 0.3) is 0 Å². The lowest BCUT2D eigenvalue weighted by Crippen LogP contribution is -2.44. The number of carbonyl (C=O) groups is 1. The van der Waals surface area contributed by atoms with Crippen molar-refractivity contribution in [2.45, 2.75) is 25.4 Å². The first kappa shape index (κ1) is 17.3. The van der Waals surface area contributed by atoms with Gasteiger partial charge in [0.1, 0.15) is 0 Å². The summed E-state index contributed by atoms with van der Waals surface area (Å²) in [5, 5.41) is 10.1. The first-order valence-corrected chi connectivity index (χ1v) is 9.10. The van der Waals surface area contributed by atoms with Crippen molar-refractivity contribution in [1.82, 2.24) is 15.5 Å². The van der Waals surface area contributed by atoms with Crippen LogP contribution in [0.3, 0.4) is 0 Å². The molecule has 1 rings (SSSR count). The first-order valence-electron chi connectivity index (χ1n) is 6.76. The van der Waals surface area contributed by atoms with Gasteiger partial charge >= 0.3 is 6.03 Å². The van der Waals surface area contributed by atoms with Crippen LogP contribution in [0.5, 0.6) is 0 Å². The maximum absolute atomic E-state index is 11.9. The number of carbonyl (C=O) groups excluding carboxylic acids is 1. The Morgan fingerprint density at radius 2 is 2.25 bits per heavy atom. The SMILES string of the molecule is CSCCC(C)NC(=O)NCC(c1ccsc1)N(C)C. The van der Waals surface area contributed by atoms with E-state index in [1.165, 1.54) is 5.56 Å². The summed E-state index contributed by atoms with van der Waals surface area (Å²) in [6.07, 6.45) is 3.07. The highest BCUT2D eigenvalue weighted by molar-refractivity contribution is 7.98. The Bertz CT molecular complexity index is 382. The molecule has 6 heteroatoms. The number of likely N-dealkylation sites (N-methyl/N-ethyl adjacent to an activating group) is 1. The predicted octanol–water partition coefficient (Wildman–Crippen LogP) is 2.79. The normalized spacial score (nSPS) is 14.1. The second-order valence-electron chi connectivity index (χ2n) is 5.07. The van der Waals surface area contributed by atoms with Crippen LogP contribution in [0.1, 0.15) is 24.9 Å². The number of amides is 2. The zero-order valence-corrected chi connectivity index (χ0v) is 14.3. The Labute approximate surface area is 130 Å². The van der Waals surface area contributed by atoms with Crippen LogP contribution in [-0.2, 0) is 0 Å². The monoisotopic (exact) mass is 315 g/mol. The minimum absolute atomic E-state index is 0.0827. The Hall–Kier alpha value is -0.720. The van der Waals surface area contributed by atoms with Crippen molar-refractivity contribution < 1.29 is 4.79 Å². The van der Waals surface area contributed by atoms with E-state index < -0.39 is 0 Å². The molecule has 0 fully saturated rings. The smallest absolute Gasteiger partial charge is 0.315 e. The maximum atomic E-state index is 11.9. The number of nitrogens with one attached hydrogen (secondary N) is 2. The highest BCUT2D eigenvalue weighted by Crippen LogP contribution is 2.19. The lowest BCUT2D eigenvalue weighted by atomic mass is 10.1. The zero-order chi connectivity index (χ0) is 15.0. The molecule has 0 saturated heterocycles. The molecular formula is C14H25N3OS2. The lowest BCUT2D eigenvalue weighted by Gasteiger charge is -2.24. The minimum atomic E-state index is -0.0827. The molecule has 114 valence electrons. The topological polar surface area (TPSA) is 44.4 Å². The standard InChI is InChI=1S/C14H25N3OS2/c1-11(5-7-19-4)16-14(18)15-9-13(17(2)3)12-6-8-20-10-12/h6,8,10-11,13H,5,7,9H2,1-4H3,(H2,15,16,18). The van der Waals surface area contributed by atoms with Gasteiger partial charge in [0.15, 0.2) is 0 Å². The van der Waals surface area contributed by atoms with Crippen molar-refractivity contribution in [1.29, 1.82) is 0 Å². The number of thioether (sulfide) groups is 1. The molecule has 1 aromatic heterocycles. The van der Waals surface area contributed by atoms with Gasteiger partial charge in [0, 0.05) is 12.6 Å². The number of urea groups is 1. The van der Waals surface area contributed by atoms with Crippen LogP contribution >= 0.6 is 23.1 Å². The molecule has 0 aliphatic heterocycles. The summed E-state index contributed by atoms with van der Waals surface area (Å²) >= 11 is 3.48. The fourth-order valence-electron chi connectivity index (χ4n) is 1.89. The Morgan fingerprint density at radius 1 is 1.50 bits per heavy atom. The van der Waals surface area contributed by atoms with Crippen LogP contribution in [0.15, 0.2) is 16.8 Å². The first-order chi connectivity index (χ1) is 9.54. The van der Waals surface area contributed by atoms with Crippen molar-refractivity contribution in [2.75, 3.05) is 32.6 Å². The zero-order valence-electron chi connectivity index (χ0n) is 12.7. The van der Waals surface area contributed by atoms with Crippen LogP contribution < -0.4 is 10.6 Å². The average Bonchev–Trinajstić information content (AvgIpc) is 2.90. The molecule has 2 atom stereocenters. The van der Waals surface area contributed by atoms with Gasteiger partial charge in [-0.25, -0.2) is 4.79 Å². The van der Waals surface area contributed by atoms with Crippen molar-refractivity contribution in [3.05, 3.63) is 22.4 Å². The van der Waals surface area contributed by atoms with Crippen molar-refractivity contribution in [3.8, 4) is 0 Å². The molecule has 0 radical (unpaired) electrons. The Balaban J connectivity index is 2.38. The summed E-state index contributed by atoms with van der Waals surface area (Å²) in [5.74, 6) is 1.07. The summed E-state index contributed by atoms with van der Waals surface area (Å²) in [5.41, 5.74) is 1.25. The molecular weight excluding hydrogens is 290 g/mol. The molecule has 0 spiro atoms. The van der Waals surface area contributed by atoms with Gasteiger partial charge in [-0.05, 0) is 61.8 Å². The van der Waals surface area contributed by atoms with Crippen LogP contribution in [0, 0.1) is 0 Å². The third-order valence-corrected chi connectivity index (χ3v) is 4.49. The number of thiophene rings is 1. The van der Waals surface area contributed by atoms with Crippen LogP contribution in [0.4, 0.5) is 4.79 Å². The molecule has 1 aromatic rings. The van der Waals surface area contributed by atoms with Crippen LogP contribution in [0.2, 0.25) is 0 Å².